The van der Waals surface area contributed by atoms with Crippen molar-refractivity contribution in [2.45, 2.75) is 46.0 Å². The topological polar surface area (TPSA) is 24.9 Å². The zero-order chi connectivity index (χ0) is 13.0. The second-order valence-electron chi connectivity index (χ2n) is 5.62. The van der Waals surface area contributed by atoms with E-state index in [0.717, 1.165) is 34.4 Å². The third-order valence-corrected chi connectivity index (χ3v) is 4.76. The molecule has 0 amide bonds. The summed E-state index contributed by atoms with van der Waals surface area (Å²) in [6, 6.07) is 4.11. The minimum absolute atomic E-state index is 0.915. The number of hydrogen-bond acceptors (Lipinski definition) is 2. The van der Waals surface area contributed by atoms with E-state index in [9.17, 15) is 0 Å². The van der Waals surface area contributed by atoms with Crippen LogP contribution in [0.15, 0.2) is 16.6 Å². The van der Waals surface area contributed by atoms with Crippen LogP contribution in [0, 0.1) is 18.8 Å². The van der Waals surface area contributed by atoms with E-state index in [1.54, 1.807) is 0 Å². The van der Waals surface area contributed by atoms with Gasteiger partial charge in [-0.3, -0.25) is 0 Å². The van der Waals surface area contributed by atoms with E-state index in [2.05, 4.69) is 39.2 Å². The number of aromatic nitrogens is 1. The van der Waals surface area contributed by atoms with Crippen molar-refractivity contribution < 1.29 is 0 Å². The molecule has 0 radical (unpaired) electrons. The van der Waals surface area contributed by atoms with Gasteiger partial charge in [0.15, 0.2) is 0 Å². The number of halogens is 1. The summed E-state index contributed by atoms with van der Waals surface area (Å²) in [6.45, 7) is 5.46. The first kappa shape index (κ1) is 13.9. The van der Waals surface area contributed by atoms with Gasteiger partial charge in [-0.05, 0) is 59.7 Å². The summed E-state index contributed by atoms with van der Waals surface area (Å²) < 4.78 is 1.08. The van der Waals surface area contributed by atoms with Crippen LogP contribution in [0.1, 0.15) is 44.7 Å². The lowest BCUT2D eigenvalue weighted by Gasteiger charge is -2.26. The van der Waals surface area contributed by atoms with Gasteiger partial charge < -0.3 is 5.32 Å². The Kier molecular flexibility index (Phi) is 5.04. The molecule has 0 aliphatic heterocycles. The molecule has 1 heterocycles. The van der Waals surface area contributed by atoms with Gasteiger partial charge >= 0.3 is 0 Å². The zero-order valence-electron chi connectivity index (χ0n) is 11.4. The maximum atomic E-state index is 4.51. The van der Waals surface area contributed by atoms with E-state index >= 15 is 0 Å². The van der Waals surface area contributed by atoms with Gasteiger partial charge in [-0.1, -0.05) is 26.2 Å². The minimum Gasteiger partial charge on any atom is -0.370 e. The molecule has 2 nitrogen and oxygen atoms in total. The van der Waals surface area contributed by atoms with Gasteiger partial charge in [-0.15, -0.1) is 0 Å². The Morgan fingerprint density at radius 1 is 1.39 bits per heavy atom. The monoisotopic (exact) mass is 310 g/mol. The fraction of sp³-hybridized carbons (Fsp3) is 0.667. The third kappa shape index (κ3) is 3.98. The molecule has 2 rings (SSSR count). The van der Waals surface area contributed by atoms with Crippen molar-refractivity contribution in [2.24, 2.45) is 11.8 Å². The zero-order valence-corrected chi connectivity index (χ0v) is 13.0. The molecule has 100 valence electrons. The number of hydrogen-bond donors (Lipinski definition) is 1. The van der Waals surface area contributed by atoms with Crippen LogP contribution in [-0.4, -0.2) is 11.5 Å². The van der Waals surface area contributed by atoms with Crippen molar-refractivity contribution in [1.82, 2.24) is 4.98 Å². The third-order valence-electron chi connectivity index (χ3n) is 3.93. The number of nitrogens with one attached hydrogen (secondary N) is 1. The normalized spacial score (nSPS) is 23.9. The summed E-state index contributed by atoms with van der Waals surface area (Å²) in [4.78, 5) is 4.51. The molecule has 1 saturated carbocycles. The molecule has 2 atom stereocenters. The number of pyridine rings is 1. The van der Waals surface area contributed by atoms with Crippen LogP contribution in [0.4, 0.5) is 5.82 Å². The fourth-order valence-corrected chi connectivity index (χ4v) is 3.09. The van der Waals surface area contributed by atoms with Gasteiger partial charge in [-0.2, -0.15) is 0 Å². The van der Waals surface area contributed by atoms with Gasteiger partial charge in [0.2, 0.25) is 0 Å². The van der Waals surface area contributed by atoms with E-state index in [0.29, 0.717) is 0 Å². The summed E-state index contributed by atoms with van der Waals surface area (Å²) >= 11 is 3.48. The lowest BCUT2D eigenvalue weighted by Crippen LogP contribution is -2.16. The number of aryl methyl sites for hydroxylation is 1. The highest BCUT2D eigenvalue weighted by Gasteiger charge is 2.18. The fourth-order valence-electron chi connectivity index (χ4n) is 2.87. The SMILES string of the molecule is Cc1nc(NCCC2CCCC(C)C2)ccc1Br. The Bertz CT molecular complexity index is 392. The number of nitrogens with zero attached hydrogens (tertiary/aromatic N) is 1. The van der Waals surface area contributed by atoms with E-state index in [1.165, 1.54) is 32.1 Å². The molecule has 1 aliphatic carbocycles. The summed E-state index contributed by atoms with van der Waals surface area (Å²) in [5.74, 6) is 2.84. The quantitative estimate of drug-likeness (QED) is 0.865. The summed E-state index contributed by atoms with van der Waals surface area (Å²) in [5.41, 5.74) is 1.05. The molecule has 2 unspecified atom stereocenters. The van der Waals surface area contributed by atoms with E-state index in [-0.39, 0.29) is 0 Å². The molecule has 18 heavy (non-hydrogen) atoms. The minimum atomic E-state index is 0.915. The highest BCUT2D eigenvalue weighted by atomic mass is 79.9. The van der Waals surface area contributed by atoms with E-state index < -0.39 is 0 Å². The largest absolute Gasteiger partial charge is 0.370 e. The van der Waals surface area contributed by atoms with Crippen LogP contribution < -0.4 is 5.32 Å². The van der Waals surface area contributed by atoms with Crippen molar-refractivity contribution in [3.05, 3.63) is 22.3 Å². The maximum Gasteiger partial charge on any atom is 0.126 e. The molecule has 1 fully saturated rings. The van der Waals surface area contributed by atoms with Crippen molar-refractivity contribution in [2.75, 3.05) is 11.9 Å². The Hall–Kier alpha value is -0.570. The number of anilines is 1. The Morgan fingerprint density at radius 2 is 2.22 bits per heavy atom. The van der Waals surface area contributed by atoms with Gasteiger partial charge in [0, 0.05) is 11.0 Å². The van der Waals surface area contributed by atoms with Crippen LogP contribution in [0.5, 0.6) is 0 Å². The Labute approximate surface area is 119 Å². The molecule has 1 aliphatic rings. The molecule has 0 saturated heterocycles. The molecule has 1 N–H and O–H groups in total. The van der Waals surface area contributed by atoms with Crippen molar-refractivity contribution in [3.8, 4) is 0 Å². The maximum absolute atomic E-state index is 4.51. The average molecular weight is 311 g/mol. The Morgan fingerprint density at radius 3 is 2.94 bits per heavy atom. The second kappa shape index (κ2) is 6.55. The molecular formula is C15H23BrN2. The van der Waals surface area contributed by atoms with Crippen molar-refractivity contribution in [3.63, 3.8) is 0 Å². The van der Waals surface area contributed by atoms with Crippen LogP contribution in [-0.2, 0) is 0 Å². The lowest BCUT2D eigenvalue weighted by atomic mass is 9.81. The molecule has 0 spiro atoms. The molecule has 1 aromatic heterocycles. The summed E-state index contributed by atoms with van der Waals surface area (Å²) in [6.07, 6.45) is 6.95. The Balaban J connectivity index is 1.76. The van der Waals surface area contributed by atoms with Crippen molar-refractivity contribution >= 4 is 21.7 Å². The average Bonchev–Trinajstić information content (AvgIpc) is 2.34. The smallest absolute Gasteiger partial charge is 0.126 e. The molecule has 0 aromatic carbocycles. The first-order valence-electron chi connectivity index (χ1n) is 7.02. The first-order valence-corrected chi connectivity index (χ1v) is 7.81. The first-order chi connectivity index (χ1) is 8.65. The van der Waals surface area contributed by atoms with Gasteiger partial charge in [0.1, 0.15) is 5.82 Å². The molecule has 0 bridgehead atoms. The van der Waals surface area contributed by atoms with Crippen LogP contribution >= 0.6 is 15.9 Å². The second-order valence-corrected chi connectivity index (χ2v) is 6.47. The van der Waals surface area contributed by atoms with Gasteiger partial charge in [0.05, 0.1) is 5.69 Å². The van der Waals surface area contributed by atoms with Crippen molar-refractivity contribution in [1.29, 1.82) is 0 Å². The van der Waals surface area contributed by atoms with Gasteiger partial charge in [0.25, 0.3) is 0 Å². The molecule has 1 aromatic rings. The molecule has 3 heteroatoms. The highest BCUT2D eigenvalue weighted by molar-refractivity contribution is 9.10. The summed E-state index contributed by atoms with van der Waals surface area (Å²) in [7, 11) is 0. The van der Waals surface area contributed by atoms with Gasteiger partial charge in [-0.25, -0.2) is 4.98 Å². The predicted molar refractivity (Wildman–Crippen MR) is 80.9 cm³/mol. The van der Waals surface area contributed by atoms with Crippen LogP contribution in [0.3, 0.4) is 0 Å². The van der Waals surface area contributed by atoms with E-state index in [4.69, 9.17) is 0 Å². The van der Waals surface area contributed by atoms with Crippen LogP contribution in [0.2, 0.25) is 0 Å². The summed E-state index contributed by atoms with van der Waals surface area (Å²) in [5, 5.41) is 3.44. The standard InChI is InChI=1S/C15H23BrN2/c1-11-4-3-5-13(10-11)8-9-17-15-7-6-14(16)12(2)18-15/h6-7,11,13H,3-5,8-10H2,1-2H3,(H,17,18). The number of rotatable bonds is 4. The lowest BCUT2D eigenvalue weighted by molar-refractivity contribution is 0.274. The van der Waals surface area contributed by atoms with E-state index in [1.807, 2.05) is 13.0 Å². The van der Waals surface area contributed by atoms with Crippen LogP contribution in [0.25, 0.3) is 0 Å². The highest BCUT2D eigenvalue weighted by Crippen LogP contribution is 2.30. The molecular weight excluding hydrogens is 288 g/mol. The predicted octanol–water partition coefficient (Wildman–Crippen LogP) is 4.78.